The first-order valence-electron chi connectivity index (χ1n) is 9.52. The van der Waals surface area contributed by atoms with Crippen molar-refractivity contribution >= 4 is 5.91 Å². The molecule has 1 aromatic carbocycles. The van der Waals surface area contributed by atoms with Gasteiger partial charge in [-0.15, -0.1) is 0 Å². The summed E-state index contributed by atoms with van der Waals surface area (Å²) in [7, 11) is 0. The lowest BCUT2D eigenvalue weighted by Crippen LogP contribution is -2.25. The highest BCUT2D eigenvalue weighted by atomic mass is 16.5. The van der Waals surface area contributed by atoms with Crippen LogP contribution in [0.3, 0.4) is 0 Å². The van der Waals surface area contributed by atoms with Gasteiger partial charge in [0.05, 0.1) is 25.4 Å². The van der Waals surface area contributed by atoms with Gasteiger partial charge < -0.3 is 19.5 Å². The Morgan fingerprint density at radius 2 is 2.00 bits per heavy atom. The van der Waals surface area contributed by atoms with Crippen molar-refractivity contribution in [3.8, 4) is 5.75 Å². The highest BCUT2D eigenvalue weighted by Crippen LogP contribution is 2.26. The normalized spacial score (nSPS) is 20.7. The molecule has 1 aliphatic heterocycles. The van der Waals surface area contributed by atoms with E-state index in [-0.39, 0.29) is 12.0 Å². The van der Waals surface area contributed by atoms with Gasteiger partial charge in [-0.2, -0.15) is 0 Å². The van der Waals surface area contributed by atoms with Gasteiger partial charge in [-0.1, -0.05) is 18.2 Å². The second-order valence-corrected chi connectivity index (χ2v) is 6.87. The summed E-state index contributed by atoms with van der Waals surface area (Å²) >= 11 is 0. The summed E-state index contributed by atoms with van der Waals surface area (Å²) in [6.07, 6.45) is 7.82. The molecule has 5 nitrogen and oxygen atoms in total. The quantitative estimate of drug-likeness (QED) is 0.697. The van der Waals surface area contributed by atoms with Crippen LogP contribution in [0.4, 0.5) is 0 Å². The lowest BCUT2D eigenvalue weighted by molar-refractivity contribution is -0.122. The van der Waals surface area contributed by atoms with Crippen molar-refractivity contribution in [3.05, 3.63) is 29.8 Å². The van der Waals surface area contributed by atoms with Crippen LogP contribution >= 0.6 is 0 Å². The van der Waals surface area contributed by atoms with Gasteiger partial charge in [-0.3, -0.25) is 4.79 Å². The molecule has 1 N–H and O–H groups in total. The molecule has 0 bridgehead atoms. The number of rotatable bonds is 9. The van der Waals surface area contributed by atoms with Gasteiger partial charge >= 0.3 is 0 Å². The summed E-state index contributed by atoms with van der Waals surface area (Å²) in [5.41, 5.74) is 1.03. The van der Waals surface area contributed by atoms with Crippen LogP contribution in [0.1, 0.15) is 50.5 Å². The number of ether oxygens (including phenoxy) is 3. The van der Waals surface area contributed by atoms with Crippen molar-refractivity contribution in [1.82, 2.24) is 5.32 Å². The van der Waals surface area contributed by atoms with E-state index in [9.17, 15) is 4.79 Å². The minimum Gasteiger partial charge on any atom is -0.490 e. The number of amides is 1. The highest BCUT2D eigenvalue weighted by molar-refractivity contribution is 5.76. The van der Waals surface area contributed by atoms with Gasteiger partial charge in [-0.05, 0) is 44.6 Å². The summed E-state index contributed by atoms with van der Waals surface area (Å²) < 4.78 is 17.1. The lowest BCUT2D eigenvalue weighted by atomic mass is 10.2. The van der Waals surface area contributed by atoms with Gasteiger partial charge in [0.1, 0.15) is 5.75 Å². The van der Waals surface area contributed by atoms with Crippen molar-refractivity contribution in [2.75, 3.05) is 19.8 Å². The Bertz CT molecular complexity index is 536. The first-order chi connectivity index (χ1) is 12.3. The average molecular weight is 347 g/mol. The lowest BCUT2D eigenvalue weighted by Gasteiger charge is -2.17. The largest absolute Gasteiger partial charge is 0.490 e. The smallest absolute Gasteiger partial charge is 0.222 e. The van der Waals surface area contributed by atoms with E-state index < -0.39 is 0 Å². The molecule has 1 saturated heterocycles. The molecule has 0 spiro atoms. The number of hydrogen-bond donors (Lipinski definition) is 1. The zero-order chi connectivity index (χ0) is 17.3. The van der Waals surface area contributed by atoms with E-state index >= 15 is 0 Å². The summed E-state index contributed by atoms with van der Waals surface area (Å²) in [5.74, 6) is 0.896. The Morgan fingerprint density at radius 3 is 2.80 bits per heavy atom. The second-order valence-electron chi connectivity index (χ2n) is 6.87. The summed E-state index contributed by atoms with van der Waals surface area (Å²) in [6, 6.07) is 7.96. The number of carbonyl (C=O) groups excluding carboxylic acids is 1. The predicted octanol–water partition coefficient (Wildman–Crippen LogP) is 3.21. The third-order valence-corrected chi connectivity index (χ3v) is 4.85. The Hall–Kier alpha value is -1.59. The van der Waals surface area contributed by atoms with Gasteiger partial charge in [0.15, 0.2) is 0 Å². The maximum absolute atomic E-state index is 12.0. The molecule has 2 aliphatic rings. The molecule has 25 heavy (non-hydrogen) atoms. The van der Waals surface area contributed by atoms with Crippen LogP contribution in [0.15, 0.2) is 24.3 Å². The average Bonchev–Trinajstić information content (AvgIpc) is 3.32. The Balaban J connectivity index is 1.36. The number of para-hydroxylation sites is 1. The highest BCUT2D eigenvalue weighted by Gasteiger charge is 2.18. The fourth-order valence-corrected chi connectivity index (χ4v) is 3.39. The standard InChI is InChI=1S/C20H29NO4/c22-20(11-13-23-15-18-9-5-12-24-18)21-14-16-6-1-4-10-19(16)25-17-7-2-3-8-17/h1,4,6,10,17-18H,2-3,5,7-9,11-15H2,(H,21,22). The maximum atomic E-state index is 12.0. The molecule has 1 heterocycles. The second kappa shape index (κ2) is 9.78. The molecule has 1 amide bonds. The van der Waals surface area contributed by atoms with Crippen molar-refractivity contribution in [3.63, 3.8) is 0 Å². The van der Waals surface area contributed by atoms with E-state index in [1.807, 2.05) is 24.3 Å². The van der Waals surface area contributed by atoms with Crippen LogP contribution in [-0.4, -0.2) is 37.9 Å². The number of carbonyl (C=O) groups is 1. The van der Waals surface area contributed by atoms with E-state index in [1.165, 1.54) is 12.8 Å². The van der Waals surface area contributed by atoms with Gasteiger partial charge in [0, 0.05) is 25.1 Å². The van der Waals surface area contributed by atoms with Crippen molar-refractivity contribution < 1.29 is 19.0 Å². The van der Waals surface area contributed by atoms with E-state index in [0.29, 0.717) is 32.3 Å². The fourth-order valence-electron chi connectivity index (χ4n) is 3.39. The molecule has 1 unspecified atom stereocenters. The molecule has 3 rings (SSSR count). The Labute approximate surface area is 150 Å². The minimum absolute atomic E-state index is 0.00279. The Morgan fingerprint density at radius 1 is 1.16 bits per heavy atom. The molecule has 1 saturated carbocycles. The van der Waals surface area contributed by atoms with Crippen molar-refractivity contribution in [2.24, 2.45) is 0 Å². The molecule has 138 valence electrons. The monoisotopic (exact) mass is 347 g/mol. The molecular formula is C20H29NO4. The van der Waals surface area contributed by atoms with E-state index in [2.05, 4.69) is 5.32 Å². The summed E-state index contributed by atoms with van der Waals surface area (Å²) in [5, 5.41) is 2.96. The molecule has 5 heteroatoms. The molecular weight excluding hydrogens is 318 g/mol. The van der Waals surface area contributed by atoms with E-state index in [1.54, 1.807) is 0 Å². The predicted molar refractivity (Wildman–Crippen MR) is 95.6 cm³/mol. The van der Waals surface area contributed by atoms with Crippen LogP contribution in [-0.2, 0) is 20.8 Å². The zero-order valence-electron chi connectivity index (χ0n) is 14.9. The molecule has 1 aromatic rings. The Kier molecular flexibility index (Phi) is 7.12. The van der Waals surface area contributed by atoms with Crippen LogP contribution in [0.5, 0.6) is 5.75 Å². The third kappa shape index (κ3) is 6.01. The zero-order valence-corrected chi connectivity index (χ0v) is 14.9. The fraction of sp³-hybridized carbons (Fsp3) is 0.650. The molecule has 0 radical (unpaired) electrons. The van der Waals surface area contributed by atoms with Crippen molar-refractivity contribution in [2.45, 2.75) is 63.7 Å². The van der Waals surface area contributed by atoms with Crippen LogP contribution in [0, 0.1) is 0 Å². The third-order valence-electron chi connectivity index (χ3n) is 4.85. The summed E-state index contributed by atoms with van der Waals surface area (Å²) in [4.78, 5) is 12.0. The van der Waals surface area contributed by atoms with Crippen LogP contribution in [0.2, 0.25) is 0 Å². The van der Waals surface area contributed by atoms with Gasteiger partial charge in [0.25, 0.3) is 0 Å². The summed E-state index contributed by atoms with van der Waals surface area (Å²) in [6.45, 7) is 2.35. The number of benzene rings is 1. The molecule has 2 fully saturated rings. The molecule has 1 aliphatic carbocycles. The van der Waals surface area contributed by atoms with Gasteiger partial charge in [0.2, 0.25) is 5.91 Å². The number of hydrogen-bond acceptors (Lipinski definition) is 4. The van der Waals surface area contributed by atoms with Gasteiger partial charge in [-0.25, -0.2) is 0 Å². The molecule has 0 aromatic heterocycles. The minimum atomic E-state index is 0.00279. The van der Waals surface area contributed by atoms with Crippen molar-refractivity contribution in [1.29, 1.82) is 0 Å². The van der Waals surface area contributed by atoms with Crippen LogP contribution < -0.4 is 10.1 Å². The SMILES string of the molecule is O=C(CCOCC1CCCO1)NCc1ccccc1OC1CCCC1. The first kappa shape index (κ1) is 18.2. The van der Waals surface area contributed by atoms with E-state index in [0.717, 1.165) is 43.6 Å². The number of nitrogens with one attached hydrogen (secondary N) is 1. The first-order valence-corrected chi connectivity index (χ1v) is 9.52. The van der Waals surface area contributed by atoms with Crippen LogP contribution in [0.25, 0.3) is 0 Å². The van der Waals surface area contributed by atoms with E-state index in [4.69, 9.17) is 14.2 Å². The topological polar surface area (TPSA) is 56.8 Å². The maximum Gasteiger partial charge on any atom is 0.222 e. The molecule has 1 atom stereocenters.